The van der Waals surface area contributed by atoms with Gasteiger partial charge in [-0.2, -0.15) is 0 Å². The monoisotopic (exact) mass is 258 g/mol. The molecule has 0 aromatic carbocycles. The third-order valence-corrected chi connectivity index (χ3v) is 2.72. The molecule has 1 atom stereocenters. The van der Waals surface area contributed by atoms with Crippen LogP contribution in [0.4, 0.5) is 4.79 Å². The van der Waals surface area contributed by atoms with E-state index in [0.29, 0.717) is 18.5 Å². The molecule has 0 aromatic heterocycles. The number of carbonyl (C=O) groups is 1. The van der Waals surface area contributed by atoms with Crippen molar-refractivity contribution < 1.29 is 9.90 Å². The van der Waals surface area contributed by atoms with E-state index in [1.165, 1.54) is 0 Å². The number of hydrogen-bond donors (Lipinski definition) is 2. The summed E-state index contributed by atoms with van der Waals surface area (Å²) in [7, 11) is 0. The molecule has 0 fully saturated rings. The fourth-order valence-electron chi connectivity index (χ4n) is 1.73. The van der Waals surface area contributed by atoms with E-state index < -0.39 is 6.10 Å². The Bertz CT molecular complexity index is 245. The third-order valence-electron chi connectivity index (χ3n) is 2.72. The first-order valence-corrected chi connectivity index (χ1v) is 6.86. The number of aliphatic hydroxyl groups is 1. The summed E-state index contributed by atoms with van der Waals surface area (Å²) in [4.78, 5) is 13.6. The van der Waals surface area contributed by atoms with Crippen LogP contribution < -0.4 is 5.32 Å². The van der Waals surface area contributed by atoms with Crippen LogP contribution in [0.2, 0.25) is 0 Å². The number of amides is 2. The first-order chi connectivity index (χ1) is 8.13. The standard InChI is InChI=1S/C14H30N2O2/c1-11(2)16(10-12(3)17)13(18)15-9-7-8-14(4,5)6/h11-12,17H,7-10H2,1-6H3,(H,15,18). The van der Waals surface area contributed by atoms with Gasteiger partial charge in [-0.25, -0.2) is 4.79 Å². The molecule has 0 saturated carbocycles. The Morgan fingerprint density at radius 2 is 1.83 bits per heavy atom. The topological polar surface area (TPSA) is 52.6 Å². The zero-order valence-corrected chi connectivity index (χ0v) is 12.8. The van der Waals surface area contributed by atoms with Crippen molar-refractivity contribution in [3.05, 3.63) is 0 Å². The Labute approximate surface area is 112 Å². The van der Waals surface area contributed by atoms with E-state index in [2.05, 4.69) is 26.1 Å². The summed E-state index contributed by atoms with van der Waals surface area (Å²) in [5.74, 6) is 0. The molecule has 0 aliphatic carbocycles. The Hall–Kier alpha value is -0.770. The first kappa shape index (κ1) is 17.2. The van der Waals surface area contributed by atoms with Crippen LogP contribution in [-0.4, -0.2) is 41.3 Å². The number of urea groups is 1. The second-order valence-electron chi connectivity index (χ2n) is 6.49. The first-order valence-electron chi connectivity index (χ1n) is 6.86. The van der Waals surface area contributed by atoms with Crippen molar-refractivity contribution >= 4 is 6.03 Å². The summed E-state index contributed by atoms with van der Waals surface area (Å²) in [5.41, 5.74) is 0.308. The van der Waals surface area contributed by atoms with Crippen molar-refractivity contribution in [2.24, 2.45) is 5.41 Å². The summed E-state index contributed by atoms with van der Waals surface area (Å²) in [6, 6.07) is 0.0158. The van der Waals surface area contributed by atoms with Crippen LogP contribution in [-0.2, 0) is 0 Å². The van der Waals surface area contributed by atoms with Gasteiger partial charge >= 0.3 is 6.03 Å². The summed E-state index contributed by atoms with van der Waals surface area (Å²) in [6.07, 6.45) is 1.58. The SMILES string of the molecule is CC(O)CN(C(=O)NCCCC(C)(C)C)C(C)C. The molecule has 2 amide bonds. The lowest BCUT2D eigenvalue weighted by Crippen LogP contribution is -2.47. The summed E-state index contributed by atoms with van der Waals surface area (Å²) >= 11 is 0. The maximum atomic E-state index is 11.9. The summed E-state index contributed by atoms with van der Waals surface area (Å²) in [6.45, 7) is 13.3. The van der Waals surface area contributed by atoms with Crippen molar-refractivity contribution in [3.63, 3.8) is 0 Å². The van der Waals surface area contributed by atoms with Crippen molar-refractivity contribution in [2.45, 2.75) is 66.5 Å². The van der Waals surface area contributed by atoms with Crippen molar-refractivity contribution in [1.29, 1.82) is 0 Å². The van der Waals surface area contributed by atoms with E-state index in [9.17, 15) is 9.90 Å². The van der Waals surface area contributed by atoms with Crippen molar-refractivity contribution in [1.82, 2.24) is 10.2 Å². The molecular formula is C14H30N2O2. The molecular weight excluding hydrogens is 228 g/mol. The van der Waals surface area contributed by atoms with E-state index in [0.717, 1.165) is 12.8 Å². The van der Waals surface area contributed by atoms with Gasteiger partial charge in [-0.3, -0.25) is 0 Å². The molecule has 0 bridgehead atoms. The number of rotatable bonds is 6. The second kappa shape index (κ2) is 7.62. The fraction of sp³-hybridized carbons (Fsp3) is 0.929. The molecule has 2 N–H and O–H groups in total. The Morgan fingerprint density at radius 1 is 1.28 bits per heavy atom. The lowest BCUT2D eigenvalue weighted by molar-refractivity contribution is 0.119. The Balaban J connectivity index is 4.04. The number of hydrogen-bond acceptors (Lipinski definition) is 2. The zero-order valence-electron chi connectivity index (χ0n) is 12.8. The molecule has 0 spiro atoms. The average molecular weight is 258 g/mol. The molecule has 0 radical (unpaired) electrons. The van der Waals surface area contributed by atoms with E-state index in [1.807, 2.05) is 13.8 Å². The highest BCUT2D eigenvalue weighted by Crippen LogP contribution is 2.19. The van der Waals surface area contributed by atoms with Crippen LogP contribution >= 0.6 is 0 Å². The normalized spacial score (nSPS) is 13.6. The molecule has 0 saturated heterocycles. The van der Waals surface area contributed by atoms with Gasteiger partial charge in [-0.05, 0) is 39.0 Å². The van der Waals surface area contributed by atoms with Crippen molar-refractivity contribution in [3.8, 4) is 0 Å². The smallest absolute Gasteiger partial charge is 0.317 e. The van der Waals surface area contributed by atoms with E-state index in [4.69, 9.17) is 0 Å². The number of aliphatic hydroxyl groups excluding tert-OH is 1. The van der Waals surface area contributed by atoms with E-state index >= 15 is 0 Å². The lowest BCUT2D eigenvalue weighted by Gasteiger charge is -2.28. The van der Waals surface area contributed by atoms with Gasteiger partial charge in [-0.15, -0.1) is 0 Å². The zero-order chi connectivity index (χ0) is 14.3. The van der Waals surface area contributed by atoms with Crippen LogP contribution in [0.1, 0.15) is 54.4 Å². The fourth-order valence-corrected chi connectivity index (χ4v) is 1.73. The van der Waals surface area contributed by atoms with Gasteiger partial charge in [0.15, 0.2) is 0 Å². The third kappa shape index (κ3) is 8.34. The molecule has 4 heteroatoms. The van der Waals surface area contributed by atoms with Crippen LogP contribution in [0.25, 0.3) is 0 Å². The minimum absolute atomic E-state index is 0.0835. The van der Waals surface area contributed by atoms with E-state index in [-0.39, 0.29) is 12.1 Å². The van der Waals surface area contributed by atoms with Gasteiger partial charge < -0.3 is 15.3 Å². The summed E-state index contributed by atoms with van der Waals surface area (Å²) in [5, 5.41) is 12.3. The van der Waals surface area contributed by atoms with Crippen LogP contribution in [0, 0.1) is 5.41 Å². The molecule has 108 valence electrons. The molecule has 0 aliphatic rings. The highest BCUT2D eigenvalue weighted by atomic mass is 16.3. The molecule has 18 heavy (non-hydrogen) atoms. The van der Waals surface area contributed by atoms with E-state index in [1.54, 1.807) is 11.8 Å². The van der Waals surface area contributed by atoms with Crippen LogP contribution in [0.15, 0.2) is 0 Å². The minimum atomic E-state index is -0.493. The number of carbonyl (C=O) groups excluding carboxylic acids is 1. The molecule has 0 aromatic rings. The van der Waals surface area contributed by atoms with Gasteiger partial charge in [0.25, 0.3) is 0 Å². The Morgan fingerprint density at radius 3 is 2.22 bits per heavy atom. The van der Waals surface area contributed by atoms with Gasteiger partial charge in [0.2, 0.25) is 0 Å². The van der Waals surface area contributed by atoms with Gasteiger partial charge in [0, 0.05) is 19.1 Å². The van der Waals surface area contributed by atoms with Crippen LogP contribution in [0.5, 0.6) is 0 Å². The van der Waals surface area contributed by atoms with Gasteiger partial charge in [0.1, 0.15) is 0 Å². The highest BCUT2D eigenvalue weighted by molar-refractivity contribution is 5.74. The predicted octanol–water partition coefficient (Wildman–Crippen LogP) is 2.61. The summed E-state index contributed by atoms with van der Waals surface area (Å²) < 4.78 is 0. The maximum absolute atomic E-state index is 11.9. The largest absolute Gasteiger partial charge is 0.392 e. The average Bonchev–Trinajstić information content (AvgIpc) is 2.18. The Kier molecular flexibility index (Phi) is 7.29. The second-order valence-corrected chi connectivity index (χ2v) is 6.49. The molecule has 4 nitrogen and oxygen atoms in total. The van der Waals surface area contributed by atoms with Gasteiger partial charge in [-0.1, -0.05) is 20.8 Å². The van der Waals surface area contributed by atoms with Crippen molar-refractivity contribution in [2.75, 3.05) is 13.1 Å². The number of nitrogens with zero attached hydrogens (tertiary/aromatic N) is 1. The molecule has 0 heterocycles. The molecule has 1 unspecified atom stereocenters. The minimum Gasteiger partial charge on any atom is -0.392 e. The van der Waals surface area contributed by atoms with Gasteiger partial charge in [0.05, 0.1) is 6.10 Å². The maximum Gasteiger partial charge on any atom is 0.317 e. The highest BCUT2D eigenvalue weighted by Gasteiger charge is 2.18. The van der Waals surface area contributed by atoms with Crippen LogP contribution in [0.3, 0.4) is 0 Å². The predicted molar refractivity (Wildman–Crippen MR) is 75.6 cm³/mol. The molecule has 0 rings (SSSR count). The molecule has 0 aliphatic heterocycles. The lowest BCUT2D eigenvalue weighted by atomic mass is 9.91. The number of nitrogens with one attached hydrogen (secondary N) is 1. The quantitative estimate of drug-likeness (QED) is 0.720.